The Morgan fingerprint density at radius 1 is 0.449 bits per heavy atom. The molecule has 1 unspecified atom stereocenters. The molecule has 0 amide bonds. The zero-order valence-corrected chi connectivity index (χ0v) is 40.3. The largest absolute Gasteiger partial charge is 0.455 e. The highest BCUT2D eigenvalue weighted by atomic mass is 16.3. The monoisotopic (exact) mass is 891 g/mol. The number of aryl methyl sites for hydroxylation is 1. The van der Waals surface area contributed by atoms with Crippen molar-refractivity contribution in [1.29, 1.82) is 0 Å². The number of hydrogen-bond acceptors (Lipinski definition) is 3. The second kappa shape index (κ2) is 14.0. The van der Waals surface area contributed by atoms with Gasteiger partial charge in [-0.05, 0) is 128 Å². The summed E-state index contributed by atoms with van der Waals surface area (Å²) in [6, 6.07) is 58.5. The molecule has 14 rings (SSSR count). The van der Waals surface area contributed by atoms with Crippen LogP contribution in [0.1, 0.15) is 103 Å². The first kappa shape index (κ1) is 40.6. The minimum Gasteiger partial charge on any atom is -0.455 e. The van der Waals surface area contributed by atoms with Gasteiger partial charge in [-0.1, -0.05) is 174 Å². The minimum atomic E-state index is -0.261. The molecule has 0 radical (unpaired) electrons. The summed E-state index contributed by atoms with van der Waals surface area (Å²) in [4.78, 5) is 5.05. The predicted molar refractivity (Wildman–Crippen MR) is 285 cm³/mol. The van der Waals surface area contributed by atoms with Gasteiger partial charge in [0.05, 0.1) is 0 Å². The molecule has 0 aliphatic heterocycles. The molecule has 69 heavy (non-hydrogen) atoms. The van der Waals surface area contributed by atoms with E-state index in [9.17, 15) is 0 Å². The minimum absolute atomic E-state index is 0.165. The average molecular weight is 892 g/mol. The lowest BCUT2D eigenvalue weighted by atomic mass is 9.72. The van der Waals surface area contributed by atoms with E-state index in [1.54, 1.807) is 0 Å². The molecule has 0 spiro atoms. The van der Waals surface area contributed by atoms with Gasteiger partial charge in [0.2, 0.25) is 0 Å². The molecule has 3 heterocycles. The highest BCUT2D eigenvalue weighted by Gasteiger charge is 2.48. The Labute approximate surface area is 403 Å². The second-order valence-electron chi connectivity index (χ2n) is 21.9. The van der Waals surface area contributed by atoms with Gasteiger partial charge < -0.3 is 8.83 Å². The number of rotatable bonds is 6. The van der Waals surface area contributed by atoms with Crippen molar-refractivity contribution in [3.8, 4) is 44.5 Å². The maximum atomic E-state index is 6.99. The van der Waals surface area contributed by atoms with Crippen LogP contribution < -0.4 is 0 Å². The average Bonchev–Trinajstić information content (AvgIpc) is 4.10. The van der Waals surface area contributed by atoms with Crippen LogP contribution in [0.3, 0.4) is 0 Å². The first-order chi connectivity index (χ1) is 33.4. The molecule has 3 heteroatoms. The number of fused-ring (bicyclic) bond motifs is 19. The van der Waals surface area contributed by atoms with Crippen LogP contribution in [0.5, 0.6) is 0 Å². The molecule has 8 aromatic carbocycles. The summed E-state index contributed by atoms with van der Waals surface area (Å²) in [5, 5.41) is 4.82. The van der Waals surface area contributed by atoms with Crippen LogP contribution in [0, 0.1) is 6.92 Å². The number of para-hydroxylation sites is 2. The summed E-state index contributed by atoms with van der Waals surface area (Å²) < 4.78 is 13.8. The first-order valence-corrected chi connectivity index (χ1v) is 24.8. The summed E-state index contributed by atoms with van der Waals surface area (Å²) in [6.45, 7) is 16.7. The topological polar surface area (TPSA) is 39.2 Å². The van der Waals surface area contributed by atoms with Crippen LogP contribution >= 0.6 is 0 Å². The molecule has 3 nitrogen and oxygen atoms in total. The van der Waals surface area contributed by atoms with Crippen LogP contribution in [0.25, 0.3) is 88.4 Å². The molecule has 1 atom stereocenters. The normalized spacial score (nSPS) is 15.9. The Hall–Kier alpha value is -7.49. The lowest BCUT2D eigenvalue weighted by Crippen LogP contribution is -2.24. The Morgan fingerprint density at radius 2 is 1.03 bits per heavy atom. The Morgan fingerprint density at radius 3 is 1.72 bits per heavy atom. The summed E-state index contributed by atoms with van der Waals surface area (Å²) in [5.41, 5.74) is 26.7. The van der Waals surface area contributed by atoms with E-state index in [-0.39, 0.29) is 22.2 Å². The van der Waals surface area contributed by atoms with Gasteiger partial charge >= 0.3 is 0 Å². The van der Waals surface area contributed by atoms with Gasteiger partial charge in [0.1, 0.15) is 22.3 Å². The van der Waals surface area contributed by atoms with Gasteiger partial charge in [0.25, 0.3) is 0 Å². The molecule has 3 aromatic heterocycles. The van der Waals surface area contributed by atoms with Crippen molar-refractivity contribution in [3.05, 3.63) is 220 Å². The van der Waals surface area contributed by atoms with Crippen molar-refractivity contribution >= 4 is 43.9 Å². The third kappa shape index (κ3) is 5.53. The molecule has 0 N–H and O–H groups in total. The number of nitrogens with zero attached hydrogens (tertiary/aromatic N) is 1. The van der Waals surface area contributed by atoms with Gasteiger partial charge in [-0.15, -0.1) is 0 Å². The van der Waals surface area contributed by atoms with E-state index >= 15 is 0 Å². The third-order valence-electron chi connectivity index (χ3n) is 16.7. The maximum absolute atomic E-state index is 6.99. The van der Waals surface area contributed by atoms with Crippen molar-refractivity contribution in [2.24, 2.45) is 0 Å². The number of hydrogen-bond donors (Lipinski definition) is 0. The Bertz CT molecular complexity index is 4010. The standard InChI is InChI=1S/C66H53NO2/c1-37-17-16-18-40(31-37)47-36-51-55(57-45-20-9-12-24-53(45)68-62(47)57)43-28-26-38(34-49(43)64(51,2)3)32-41(52-23-14-15-30-67-52)33-39-27-29-44-50(35-39)66(6,7)61-59(44)63-58(46-21-10-13-25-54(46)69-63)56-42-19-8-11-22-48(42)65(4,5)60(56)61/h8-31,34-36,41H,32-33H2,1-7H3. The third-order valence-corrected chi connectivity index (χ3v) is 16.7. The molecule has 0 saturated heterocycles. The number of pyridine rings is 1. The summed E-state index contributed by atoms with van der Waals surface area (Å²) >= 11 is 0. The van der Waals surface area contributed by atoms with Crippen LogP contribution in [0.4, 0.5) is 0 Å². The summed E-state index contributed by atoms with van der Waals surface area (Å²) in [6.07, 6.45) is 3.70. The Balaban J connectivity index is 0.878. The van der Waals surface area contributed by atoms with Crippen LogP contribution in [-0.2, 0) is 29.1 Å². The SMILES string of the molecule is Cc1cccc(-c2cc3c(c4c2oc2ccccc24)-c2ccc(CC(Cc4ccc5c(c4)C(C)(C)c4c6c(c7c(oc8ccccc87)c4-5)-c4ccccc4C6(C)C)c4ccccn4)cc2C3(C)C)c1. The molecule has 334 valence electrons. The lowest BCUT2D eigenvalue weighted by molar-refractivity contribution is 0.598. The fraction of sp³-hybridized carbons (Fsp3) is 0.197. The van der Waals surface area contributed by atoms with E-state index in [2.05, 4.69) is 200 Å². The van der Waals surface area contributed by atoms with E-state index in [4.69, 9.17) is 13.8 Å². The molecule has 11 aromatic rings. The van der Waals surface area contributed by atoms with Crippen molar-refractivity contribution in [3.63, 3.8) is 0 Å². The van der Waals surface area contributed by atoms with Gasteiger partial charge in [0, 0.05) is 66.7 Å². The predicted octanol–water partition coefficient (Wildman–Crippen LogP) is 17.3. The van der Waals surface area contributed by atoms with E-state index in [0.29, 0.717) is 0 Å². The molecule has 3 aliphatic carbocycles. The zero-order chi connectivity index (χ0) is 46.7. The van der Waals surface area contributed by atoms with Gasteiger partial charge in [-0.2, -0.15) is 0 Å². The van der Waals surface area contributed by atoms with Crippen LogP contribution in [0.15, 0.2) is 173 Å². The van der Waals surface area contributed by atoms with Crippen LogP contribution in [-0.4, -0.2) is 4.98 Å². The fourth-order valence-corrected chi connectivity index (χ4v) is 13.5. The van der Waals surface area contributed by atoms with Gasteiger partial charge in [-0.25, -0.2) is 0 Å². The smallest absolute Gasteiger partial charge is 0.144 e. The molecular weight excluding hydrogens is 839 g/mol. The zero-order valence-electron chi connectivity index (χ0n) is 40.3. The van der Waals surface area contributed by atoms with Gasteiger partial charge in [0.15, 0.2) is 0 Å². The highest BCUT2D eigenvalue weighted by molar-refractivity contribution is 6.21. The molecule has 3 aliphatic rings. The number of benzene rings is 8. The second-order valence-corrected chi connectivity index (χ2v) is 21.9. The summed E-state index contributed by atoms with van der Waals surface area (Å²) in [5.74, 6) is 0.165. The van der Waals surface area contributed by atoms with E-state index in [0.717, 1.165) is 46.4 Å². The number of aromatic nitrogens is 1. The van der Waals surface area contributed by atoms with E-state index in [1.165, 1.54) is 111 Å². The number of furan rings is 2. The summed E-state index contributed by atoms with van der Waals surface area (Å²) in [7, 11) is 0. The molecule has 0 fully saturated rings. The van der Waals surface area contributed by atoms with Crippen LogP contribution in [0.2, 0.25) is 0 Å². The molecule has 0 bridgehead atoms. The first-order valence-electron chi connectivity index (χ1n) is 24.8. The Kier molecular flexibility index (Phi) is 8.26. The quantitative estimate of drug-likeness (QED) is 0.167. The fourth-order valence-electron chi connectivity index (χ4n) is 13.5. The van der Waals surface area contributed by atoms with Crippen molar-refractivity contribution in [2.45, 2.75) is 83.5 Å². The molecule has 0 saturated carbocycles. The van der Waals surface area contributed by atoms with Crippen molar-refractivity contribution in [1.82, 2.24) is 4.98 Å². The van der Waals surface area contributed by atoms with Crippen molar-refractivity contribution < 1.29 is 8.83 Å². The van der Waals surface area contributed by atoms with Crippen molar-refractivity contribution in [2.75, 3.05) is 0 Å². The van der Waals surface area contributed by atoms with Gasteiger partial charge in [-0.3, -0.25) is 4.98 Å². The maximum Gasteiger partial charge on any atom is 0.144 e. The van der Waals surface area contributed by atoms with E-state index in [1.807, 2.05) is 12.3 Å². The highest BCUT2D eigenvalue weighted by Crippen LogP contribution is 2.63. The van der Waals surface area contributed by atoms with E-state index < -0.39 is 0 Å². The molecular formula is C66H53NO2. The lowest BCUT2D eigenvalue weighted by Gasteiger charge is -2.31.